The Kier molecular flexibility index (Phi) is 3.76. The summed E-state index contributed by atoms with van der Waals surface area (Å²) in [6.07, 6.45) is 0. The fraction of sp³-hybridized carbons (Fsp3) is 0.500. The highest BCUT2D eigenvalue weighted by atomic mass is 16.3. The number of rotatable bonds is 4. The molecule has 0 aliphatic heterocycles. The fourth-order valence-corrected chi connectivity index (χ4v) is 2.18. The average Bonchev–Trinajstić information content (AvgIpc) is 2.71. The van der Waals surface area contributed by atoms with Crippen molar-refractivity contribution < 1.29 is 4.42 Å². The molecule has 1 aromatic heterocycles. The van der Waals surface area contributed by atoms with E-state index in [4.69, 9.17) is 4.42 Å². The number of furan rings is 1. The highest BCUT2D eigenvalue weighted by Gasteiger charge is 2.12. The second-order valence-electron chi connectivity index (χ2n) is 5.62. The van der Waals surface area contributed by atoms with Crippen molar-refractivity contribution in [1.29, 1.82) is 0 Å². The summed E-state index contributed by atoms with van der Waals surface area (Å²) in [5.41, 5.74) is 3.64. The van der Waals surface area contributed by atoms with Gasteiger partial charge in [0.05, 0.1) is 6.54 Å². The smallest absolute Gasteiger partial charge is 0.138 e. The highest BCUT2D eigenvalue weighted by Crippen LogP contribution is 2.30. The first-order chi connectivity index (χ1) is 8.49. The molecule has 18 heavy (non-hydrogen) atoms. The first kappa shape index (κ1) is 13.2. The predicted molar refractivity (Wildman–Crippen MR) is 77.0 cm³/mol. The molecule has 1 N–H and O–H groups in total. The predicted octanol–water partition coefficient (Wildman–Crippen LogP) is 4.36. The average molecular weight is 245 g/mol. The van der Waals surface area contributed by atoms with Gasteiger partial charge in [-0.1, -0.05) is 39.8 Å². The maximum Gasteiger partial charge on any atom is 0.138 e. The molecule has 98 valence electrons. The van der Waals surface area contributed by atoms with Crippen LogP contribution in [-0.4, -0.2) is 6.04 Å². The largest absolute Gasteiger partial charge is 0.459 e. The van der Waals surface area contributed by atoms with Crippen LogP contribution in [0, 0.1) is 6.92 Å². The van der Waals surface area contributed by atoms with Crippen molar-refractivity contribution in [2.45, 2.75) is 53.1 Å². The third-order valence-electron chi connectivity index (χ3n) is 3.29. The van der Waals surface area contributed by atoms with Crippen LogP contribution in [0.1, 0.15) is 50.5 Å². The maximum atomic E-state index is 6.03. The Labute approximate surface area is 109 Å². The summed E-state index contributed by atoms with van der Waals surface area (Å²) in [6.45, 7) is 11.6. The van der Waals surface area contributed by atoms with Crippen molar-refractivity contribution in [3.63, 3.8) is 0 Å². The first-order valence-electron chi connectivity index (χ1n) is 6.74. The van der Waals surface area contributed by atoms with E-state index in [1.54, 1.807) is 0 Å². The van der Waals surface area contributed by atoms with Crippen molar-refractivity contribution in [2.75, 3.05) is 0 Å². The van der Waals surface area contributed by atoms with Crippen molar-refractivity contribution in [3.05, 3.63) is 35.1 Å². The molecule has 2 heteroatoms. The van der Waals surface area contributed by atoms with E-state index in [1.807, 2.05) is 0 Å². The number of aryl methyl sites for hydroxylation is 1. The van der Waals surface area contributed by atoms with Gasteiger partial charge in [0.25, 0.3) is 0 Å². The van der Waals surface area contributed by atoms with Gasteiger partial charge in [0.15, 0.2) is 0 Å². The third-order valence-corrected chi connectivity index (χ3v) is 3.29. The van der Waals surface area contributed by atoms with Crippen LogP contribution in [0.25, 0.3) is 11.0 Å². The first-order valence-corrected chi connectivity index (χ1v) is 6.74. The van der Waals surface area contributed by atoms with E-state index in [9.17, 15) is 0 Å². The van der Waals surface area contributed by atoms with Crippen molar-refractivity contribution in [2.24, 2.45) is 0 Å². The molecule has 0 saturated carbocycles. The molecule has 1 aromatic carbocycles. The Morgan fingerprint density at radius 1 is 1.17 bits per heavy atom. The second-order valence-corrected chi connectivity index (χ2v) is 5.62. The van der Waals surface area contributed by atoms with Gasteiger partial charge in [-0.15, -0.1) is 0 Å². The number of nitrogens with one attached hydrogen (secondary N) is 1. The minimum absolute atomic E-state index is 0.476. The number of fused-ring (bicyclic) bond motifs is 1. The van der Waals surface area contributed by atoms with E-state index in [0.29, 0.717) is 12.0 Å². The Bertz CT molecular complexity index is 537. The van der Waals surface area contributed by atoms with E-state index in [0.717, 1.165) is 17.9 Å². The van der Waals surface area contributed by atoms with Gasteiger partial charge >= 0.3 is 0 Å². The van der Waals surface area contributed by atoms with Gasteiger partial charge in [-0.3, -0.25) is 0 Å². The van der Waals surface area contributed by atoms with Crippen molar-refractivity contribution in [3.8, 4) is 0 Å². The van der Waals surface area contributed by atoms with Gasteiger partial charge in [-0.25, -0.2) is 0 Å². The Balaban J connectivity index is 2.42. The summed E-state index contributed by atoms with van der Waals surface area (Å²) in [5, 5.41) is 4.65. The zero-order valence-corrected chi connectivity index (χ0v) is 12.0. The summed E-state index contributed by atoms with van der Waals surface area (Å²) in [6, 6.07) is 7.02. The Hall–Kier alpha value is -1.28. The minimum Gasteiger partial charge on any atom is -0.459 e. The molecule has 2 nitrogen and oxygen atoms in total. The molecular weight excluding hydrogens is 222 g/mol. The van der Waals surface area contributed by atoms with Crippen molar-refractivity contribution >= 4 is 11.0 Å². The Morgan fingerprint density at radius 2 is 1.89 bits per heavy atom. The monoisotopic (exact) mass is 245 g/mol. The third kappa shape index (κ3) is 2.59. The van der Waals surface area contributed by atoms with Crippen molar-refractivity contribution in [1.82, 2.24) is 5.32 Å². The molecule has 0 radical (unpaired) electrons. The number of hydrogen-bond donors (Lipinski definition) is 1. The van der Waals surface area contributed by atoms with E-state index in [-0.39, 0.29) is 0 Å². The Morgan fingerprint density at radius 3 is 2.50 bits per heavy atom. The van der Waals surface area contributed by atoms with Gasteiger partial charge in [0.2, 0.25) is 0 Å². The lowest BCUT2D eigenvalue weighted by atomic mass is 9.99. The lowest BCUT2D eigenvalue weighted by Crippen LogP contribution is -2.21. The van der Waals surface area contributed by atoms with Gasteiger partial charge in [0, 0.05) is 11.4 Å². The molecule has 2 rings (SSSR count). The van der Waals surface area contributed by atoms with Crippen LogP contribution in [-0.2, 0) is 6.54 Å². The molecule has 0 aliphatic carbocycles. The summed E-state index contributed by atoms with van der Waals surface area (Å²) >= 11 is 0. The quantitative estimate of drug-likeness (QED) is 0.865. The van der Waals surface area contributed by atoms with Crippen LogP contribution in [0.5, 0.6) is 0 Å². The van der Waals surface area contributed by atoms with E-state index >= 15 is 0 Å². The van der Waals surface area contributed by atoms with Crippen LogP contribution >= 0.6 is 0 Å². The molecule has 0 amide bonds. The van der Waals surface area contributed by atoms with Gasteiger partial charge < -0.3 is 9.73 Å². The maximum absolute atomic E-state index is 6.03. The fourth-order valence-electron chi connectivity index (χ4n) is 2.18. The second kappa shape index (κ2) is 5.15. The molecule has 0 bridgehead atoms. The summed E-state index contributed by atoms with van der Waals surface area (Å²) < 4.78 is 6.03. The zero-order valence-electron chi connectivity index (χ0n) is 12.0. The van der Waals surface area contributed by atoms with E-state index < -0.39 is 0 Å². The highest BCUT2D eigenvalue weighted by molar-refractivity contribution is 5.84. The molecule has 1 heterocycles. The molecule has 0 fully saturated rings. The van der Waals surface area contributed by atoms with Crippen LogP contribution in [0.15, 0.2) is 22.6 Å². The summed E-state index contributed by atoms with van der Waals surface area (Å²) in [5.74, 6) is 1.51. The normalized spacial score (nSPS) is 11.9. The molecule has 0 spiro atoms. The molecule has 0 unspecified atom stereocenters. The van der Waals surface area contributed by atoms with Gasteiger partial charge in [-0.2, -0.15) is 0 Å². The standard InChI is InChI=1S/C16H23NO/c1-10(2)14-7-6-12(5)15-8-13(18-16(14)15)9-17-11(3)4/h6-8,10-11,17H,9H2,1-5H3. The number of benzene rings is 1. The van der Waals surface area contributed by atoms with Crippen LogP contribution in [0.4, 0.5) is 0 Å². The lowest BCUT2D eigenvalue weighted by molar-refractivity contribution is 0.486. The molecule has 0 aliphatic rings. The van der Waals surface area contributed by atoms with Gasteiger partial charge in [0.1, 0.15) is 11.3 Å². The van der Waals surface area contributed by atoms with Crippen LogP contribution in [0.2, 0.25) is 0 Å². The van der Waals surface area contributed by atoms with Crippen LogP contribution in [0.3, 0.4) is 0 Å². The van der Waals surface area contributed by atoms with Crippen LogP contribution < -0.4 is 5.32 Å². The molecule has 2 aromatic rings. The summed E-state index contributed by atoms with van der Waals surface area (Å²) in [7, 11) is 0. The van der Waals surface area contributed by atoms with Gasteiger partial charge in [-0.05, 0) is 30.0 Å². The molecule has 0 saturated heterocycles. The lowest BCUT2D eigenvalue weighted by Gasteiger charge is -2.07. The zero-order chi connectivity index (χ0) is 13.3. The van der Waals surface area contributed by atoms with E-state index in [1.165, 1.54) is 16.5 Å². The topological polar surface area (TPSA) is 25.2 Å². The molecular formula is C16H23NO. The molecule has 0 atom stereocenters. The minimum atomic E-state index is 0.476. The van der Waals surface area contributed by atoms with E-state index in [2.05, 4.69) is 58.1 Å². The SMILES string of the molecule is Cc1ccc(C(C)C)c2oc(CNC(C)C)cc12. The summed E-state index contributed by atoms with van der Waals surface area (Å²) in [4.78, 5) is 0. The number of hydrogen-bond acceptors (Lipinski definition) is 2.